The Bertz CT molecular complexity index is 673. The molecule has 2 N–H and O–H groups in total. The summed E-state index contributed by atoms with van der Waals surface area (Å²) in [5, 5.41) is 23.4. The van der Waals surface area contributed by atoms with Crippen LogP contribution in [0, 0.1) is 10.1 Å². The molecule has 2 aromatic carbocycles. The first-order chi connectivity index (χ1) is 10.5. The summed E-state index contributed by atoms with van der Waals surface area (Å²) < 4.78 is 5.16. The quantitative estimate of drug-likeness (QED) is 0.632. The van der Waals surface area contributed by atoms with Crippen molar-refractivity contribution in [3.63, 3.8) is 0 Å². The topological polar surface area (TPSA) is 84.6 Å². The van der Waals surface area contributed by atoms with Crippen molar-refractivity contribution in [2.45, 2.75) is 19.6 Å². The molecule has 0 saturated carbocycles. The molecule has 0 amide bonds. The standard InChI is InChI=1S/C16H18N2O4/c1-11(12-4-3-5-15(9-12)18(20)21)17-14-6-7-16(22-2)13(8-14)10-19/h3-9,11,17,19H,10H2,1-2H3. The van der Waals surface area contributed by atoms with Crippen molar-refractivity contribution < 1.29 is 14.8 Å². The summed E-state index contributed by atoms with van der Waals surface area (Å²) in [5.41, 5.74) is 2.37. The van der Waals surface area contributed by atoms with E-state index in [0.29, 0.717) is 11.3 Å². The molecule has 1 atom stereocenters. The minimum absolute atomic E-state index is 0.0666. The Balaban J connectivity index is 2.19. The third-order valence-corrected chi connectivity index (χ3v) is 3.41. The van der Waals surface area contributed by atoms with Crippen LogP contribution in [-0.4, -0.2) is 17.1 Å². The van der Waals surface area contributed by atoms with Gasteiger partial charge in [0.15, 0.2) is 0 Å². The highest BCUT2D eigenvalue weighted by atomic mass is 16.6. The van der Waals surface area contributed by atoms with Gasteiger partial charge in [0.1, 0.15) is 5.75 Å². The number of aliphatic hydroxyl groups is 1. The van der Waals surface area contributed by atoms with Gasteiger partial charge in [-0.2, -0.15) is 0 Å². The predicted molar refractivity (Wildman–Crippen MR) is 84.1 cm³/mol. The number of benzene rings is 2. The number of nitrogens with one attached hydrogen (secondary N) is 1. The van der Waals surface area contributed by atoms with Crippen LogP contribution in [0.2, 0.25) is 0 Å². The van der Waals surface area contributed by atoms with Crippen LogP contribution in [0.4, 0.5) is 11.4 Å². The van der Waals surface area contributed by atoms with Crippen LogP contribution in [0.25, 0.3) is 0 Å². The Morgan fingerprint density at radius 2 is 2.09 bits per heavy atom. The number of ether oxygens (including phenoxy) is 1. The SMILES string of the molecule is COc1ccc(NC(C)c2cccc([N+](=O)[O-])c2)cc1CO. The van der Waals surface area contributed by atoms with Gasteiger partial charge in [-0.25, -0.2) is 0 Å². The molecule has 2 rings (SSSR count). The van der Waals surface area contributed by atoms with Crippen molar-refractivity contribution >= 4 is 11.4 Å². The summed E-state index contributed by atoms with van der Waals surface area (Å²) >= 11 is 0. The predicted octanol–water partition coefficient (Wildman–Crippen LogP) is 3.27. The lowest BCUT2D eigenvalue weighted by atomic mass is 10.1. The normalized spacial score (nSPS) is 11.8. The van der Waals surface area contributed by atoms with E-state index in [-0.39, 0.29) is 18.3 Å². The minimum atomic E-state index is -0.409. The number of methoxy groups -OCH3 is 1. The Morgan fingerprint density at radius 3 is 2.73 bits per heavy atom. The molecule has 0 aliphatic heterocycles. The maximum atomic E-state index is 10.8. The number of nitro benzene ring substituents is 1. The highest BCUT2D eigenvalue weighted by molar-refractivity contribution is 5.52. The number of rotatable bonds is 6. The molecule has 6 nitrogen and oxygen atoms in total. The van der Waals surface area contributed by atoms with Crippen LogP contribution >= 0.6 is 0 Å². The van der Waals surface area contributed by atoms with E-state index < -0.39 is 4.92 Å². The summed E-state index contributed by atoms with van der Waals surface area (Å²) in [6.45, 7) is 1.80. The second kappa shape index (κ2) is 6.91. The van der Waals surface area contributed by atoms with Gasteiger partial charge in [0, 0.05) is 29.4 Å². The molecule has 1 unspecified atom stereocenters. The summed E-state index contributed by atoms with van der Waals surface area (Å²) in [5.74, 6) is 0.621. The zero-order valence-corrected chi connectivity index (χ0v) is 12.4. The first-order valence-electron chi connectivity index (χ1n) is 6.84. The fourth-order valence-corrected chi connectivity index (χ4v) is 2.23. The van der Waals surface area contributed by atoms with Gasteiger partial charge in [0.25, 0.3) is 5.69 Å². The summed E-state index contributed by atoms with van der Waals surface area (Å²) in [7, 11) is 1.55. The van der Waals surface area contributed by atoms with E-state index in [0.717, 1.165) is 11.3 Å². The molecule has 0 radical (unpaired) electrons. The maximum Gasteiger partial charge on any atom is 0.269 e. The van der Waals surface area contributed by atoms with E-state index in [1.54, 1.807) is 31.4 Å². The van der Waals surface area contributed by atoms with E-state index in [1.807, 2.05) is 19.1 Å². The first kappa shape index (κ1) is 15.8. The van der Waals surface area contributed by atoms with Gasteiger partial charge in [-0.05, 0) is 30.7 Å². The van der Waals surface area contributed by atoms with Crippen molar-refractivity contribution in [3.8, 4) is 5.75 Å². The van der Waals surface area contributed by atoms with Crippen LogP contribution in [0.5, 0.6) is 5.75 Å². The lowest BCUT2D eigenvalue weighted by Crippen LogP contribution is -2.07. The number of nitro groups is 1. The molecule has 22 heavy (non-hydrogen) atoms. The number of hydrogen-bond acceptors (Lipinski definition) is 5. The summed E-state index contributed by atoms with van der Waals surface area (Å²) in [6, 6.07) is 11.8. The second-order valence-corrected chi connectivity index (χ2v) is 4.90. The number of hydrogen-bond donors (Lipinski definition) is 2. The minimum Gasteiger partial charge on any atom is -0.496 e. The fraction of sp³-hybridized carbons (Fsp3) is 0.250. The number of nitrogens with zero attached hydrogens (tertiary/aromatic N) is 1. The number of anilines is 1. The van der Waals surface area contributed by atoms with Crippen LogP contribution in [0.1, 0.15) is 24.1 Å². The molecule has 116 valence electrons. The van der Waals surface area contributed by atoms with Crippen LogP contribution in [0.15, 0.2) is 42.5 Å². The van der Waals surface area contributed by atoms with Gasteiger partial charge in [-0.1, -0.05) is 12.1 Å². The van der Waals surface area contributed by atoms with Gasteiger partial charge in [-0.3, -0.25) is 10.1 Å². The molecule has 0 fully saturated rings. The Kier molecular flexibility index (Phi) is 4.95. The molecule has 2 aromatic rings. The van der Waals surface area contributed by atoms with Gasteiger partial charge in [-0.15, -0.1) is 0 Å². The molecule has 0 aliphatic carbocycles. The summed E-state index contributed by atoms with van der Waals surface area (Å²) in [4.78, 5) is 10.4. The van der Waals surface area contributed by atoms with Crippen molar-refractivity contribution in [2.24, 2.45) is 0 Å². The summed E-state index contributed by atoms with van der Waals surface area (Å²) in [6.07, 6.45) is 0. The van der Waals surface area contributed by atoms with E-state index in [9.17, 15) is 15.2 Å². The molecule has 0 saturated heterocycles. The van der Waals surface area contributed by atoms with Gasteiger partial charge in [0.2, 0.25) is 0 Å². The molecule has 0 aromatic heterocycles. The first-order valence-corrected chi connectivity index (χ1v) is 6.84. The third kappa shape index (κ3) is 3.53. The monoisotopic (exact) mass is 302 g/mol. The average molecular weight is 302 g/mol. The van der Waals surface area contributed by atoms with Crippen molar-refractivity contribution in [1.29, 1.82) is 0 Å². The Morgan fingerprint density at radius 1 is 1.32 bits per heavy atom. The molecule has 0 aliphatic rings. The zero-order chi connectivity index (χ0) is 16.1. The lowest BCUT2D eigenvalue weighted by molar-refractivity contribution is -0.384. The third-order valence-electron chi connectivity index (χ3n) is 3.41. The molecule has 0 bridgehead atoms. The van der Waals surface area contributed by atoms with Crippen LogP contribution < -0.4 is 10.1 Å². The fourth-order valence-electron chi connectivity index (χ4n) is 2.23. The maximum absolute atomic E-state index is 10.8. The molecule has 6 heteroatoms. The molecule has 0 heterocycles. The smallest absolute Gasteiger partial charge is 0.269 e. The molecular formula is C16H18N2O4. The Hall–Kier alpha value is -2.60. The van der Waals surface area contributed by atoms with Crippen molar-refractivity contribution in [2.75, 3.05) is 12.4 Å². The van der Waals surface area contributed by atoms with Crippen LogP contribution in [-0.2, 0) is 6.61 Å². The Labute approximate surface area is 128 Å². The lowest BCUT2D eigenvalue weighted by Gasteiger charge is -2.17. The van der Waals surface area contributed by atoms with Crippen molar-refractivity contribution in [1.82, 2.24) is 0 Å². The van der Waals surface area contributed by atoms with E-state index >= 15 is 0 Å². The number of non-ortho nitro benzene ring substituents is 1. The zero-order valence-electron chi connectivity index (χ0n) is 12.4. The molecular weight excluding hydrogens is 284 g/mol. The van der Waals surface area contributed by atoms with Crippen molar-refractivity contribution in [3.05, 3.63) is 63.7 Å². The van der Waals surface area contributed by atoms with E-state index in [2.05, 4.69) is 5.32 Å². The molecule has 0 spiro atoms. The largest absolute Gasteiger partial charge is 0.496 e. The highest BCUT2D eigenvalue weighted by Gasteiger charge is 2.12. The van der Waals surface area contributed by atoms with Gasteiger partial charge < -0.3 is 15.2 Å². The van der Waals surface area contributed by atoms with Gasteiger partial charge >= 0.3 is 0 Å². The van der Waals surface area contributed by atoms with Gasteiger partial charge in [0.05, 0.1) is 18.6 Å². The van der Waals surface area contributed by atoms with Crippen LogP contribution in [0.3, 0.4) is 0 Å². The van der Waals surface area contributed by atoms with E-state index in [4.69, 9.17) is 4.74 Å². The average Bonchev–Trinajstić information content (AvgIpc) is 2.54. The number of aliphatic hydroxyl groups excluding tert-OH is 1. The second-order valence-electron chi connectivity index (χ2n) is 4.90. The van der Waals surface area contributed by atoms with E-state index in [1.165, 1.54) is 6.07 Å². The highest BCUT2D eigenvalue weighted by Crippen LogP contribution is 2.26.